The van der Waals surface area contributed by atoms with Crippen LogP contribution in [0.3, 0.4) is 0 Å². The Morgan fingerprint density at radius 3 is 3.00 bits per heavy atom. The lowest BCUT2D eigenvalue weighted by Crippen LogP contribution is -1.81. The van der Waals surface area contributed by atoms with E-state index < -0.39 is 0 Å². The van der Waals surface area contributed by atoms with Gasteiger partial charge in [-0.3, -0.25) is 0 Å². The molecule has 1 heterocycles. The van der Waals surface area contributed by atoms with E-state index in [1.54, 1.807) is 5.37 Å². The van der Waals surface area contributed by atoms with E-state index in [-0.39, 0.29) is 0 Å². The second-order valence-electron chi connectivity index (χ2n) is 2.45. The second-order valence-corrected chi connectivity index (χ2v) is 2.78. The first-order valence-electron chi connectivity index (χ1n) is 3.68. The first-order chi connectivity index (χ1) is 5.90. The van der Waals surface area contributed by atoms with Gasteiger partial charge >= 0.3 is 0 Å². The molecular formula is C9H7NOS. The molecule has 0 N–H and O–H groups in total. The fourth-order valence-electron chi connectivity index (χ4n) is 1.08. The molecule has 0 bridgehead atoms. The van der Waals surface area contributed by atoms with Crippen LogP contribution >= 0.6 is 12.2 Å². The van der Waals surface area contributed by atoms with Gasteiger partial charge in [-0.1, -0.05) is 24.4 Å². The summed E-state index contributed by atoms with van der Waals surface area (Å²) in [6.45, 7) is 0. The average molecular weight is 177 g/mol. The molecule has 0 fully saturated rings. The lowest BCUT2D eigenvalue weighted by atomic mass is 10.3. The van der Waals surface area contributed by atoms with Crippen LogP contribution in [0.1, 0.15) is 5.89 Å². The van der Waals surface area contributed by atoms with Crippen LogP contribution in [0.2, 0.25) is 0 Å². The van der Waals surface area contributed by atoms with Crippen molar-refractivity contribution in [2.75, 3.05) is 0 Å². The Balaban J connectivity index is 2.54. The zero-order valence-corrected chi connectivity index (χ0v) is 7.17. The van der Waals surface area contributed by atoms with E-state index in [0.717, 1.165) is 11.1 Å². The van der Waals surface area contributed by atoms with Crippen LogP contribution in [-0.2, 0) is 6.42 Å². The van der Waals surface area contributed by atoms with Crippen LogP contribution in [0.4, 0.5) is 0 Å². The van der Waals surface area contributed by atoms with Gasteiger partial charge < -0.3 is 4.42 Å². The van der Waals surface area contributed by atoms with E-state index in [2.05, 4.69) is 4.98 Å². The van der Waals surface area contributed by atoms with E-state index in [1.165, 1.54) is 0 Å². The van der Waals surface area contributed by atoms with Gasteiger partial charge in [0.2, 0.25) is 0 Å². The lowest BCUT2D eigenvalue weighted by Gasteiger charge is -1.81. The Labute approximate surface area is 75.2 Å². The Morgan fingerprint density at radius 2 is 2.25 bits per heavy atom. The summed E-state index contributed by atoms with van der Waals surface area (Å²) in [7, 11) is 0. The molecule has 1 aromatic heterocycles. The van der Waals surface area contributed by atoms with Crippen molar-refractivity contribution < 1.29 is 4.42 Å². The quantitative estimate of drug-likeness (QED) is 0.659. The van der Waals surface area contributed by atoms with Crippen molar-refractivity contribution >= 4 is 28.7 Å². The Hall–Kier alpha value is -1.22. The van der Waals surface area contributed by atoms with Gasteiger partial charge in [0.25, 0.3) is 0 Å². The van der Waals surface area contributed by atoms with Crippen molar-refractivity contribution in [1.82, 2.24) is 4.98 Å². The summed E-state index contributed by atoms with van der Waals surface area (Å²) in [5.74, 6) is 0.686. The summed E-state index contributed by atoms with van der Waals surface area (Å²) < 4.78 is 5.40. The third kappa shape index (κ3) is 1.23. The minimum absolute atomic E-state index is 0.615. The third-order valence-corrected chi connectivity index (χ3v) is 1.76. The second kappa shape index (κ2) is 3.03. The molecule has 0 aliphatic carbocycles. The molecule has 0 atom stereocenters. The highest BCUT2D eigenvalue weighted by Crippen LogP contribution is 2.14. The van der Waals surface area contributed by atoms with E-state index in [4.69, 9.17) is 16.6 Å². The Bertz CT molecular complexity index is 375. The predicted octanol–water partition coefficient (Wildman–Crippen LogP) is 2.37. The zero-order valence-electron chi connectivity index (χ0n) is 6.36. The molecule has 1 aromatic carbocycles. The normalized spacial score (nSPS) is 10.3. The molecule has 12 heavy (non-hydrogen) atoms. The number of hydrogen-bond acceptors (Lipinski definition) is 3. The van der Waals surface area contributed by atoms with Crippen molar-refractivity contribution in [3.63, 3.8) is 0 Å². The van der Waals surface area contributed by atoms with E-state index in [0.29, 0.717) is 12.3 Å². The molecule has 3 heteroatoms. The first kappa shape index (κ1) is 7.43. The number of oxazole rings is 1. The number of aromatic nitrogens is 1. The highest BCUT2D eigenvalue weighted by molar-refractivity contribution is 7.78. The van der Waals surface area contributed by atoms with Gasteiger partial charge in [0.15, 0.2) is 11.5 Å². The minimum atomic E-state index is 0.615. The van der Waals surface area contributed by atoms with E-state index in [1.807, 2.05) is 24.3 Å². The smallest absolute Gasteiger partial charge is 0.200 e. The van der Waals surface area contributed by atoms with Gasteiger partial charge in [0.1, 0.15) is 5.52 Å². The molecule has 0 saturated heterocycles. The van der Waals surface area contributed by atoms with Crippen LogP contribution < -0.4 is 0 Å². The van der Waals surface area contributed by atoms with Gasteiger partial charge in [-0.25, -0.2) is 4.98 Å². The van der Waals surface area contributed by atoms with Crippen LogP contribution in [0.15, 0.2) is 28.7 Å². The summed E-state index contributed by atoms with van der Waals surface area (Å²) in [5.41, 5.74) is 1.72. The number of fused-ring (bicyclic) bond motifs is 1. The van der Waals surface area contributed by atoms with Crippen molar-refractivity contribution in [2.45, 2.75) is 6.42 Å². The molecule has 0 aliphatic rings. The highest BCUT2D eigenvalue weighted by atomic mass is 32.1. The molecule has 60 valence electrons. The van der Waals surface area contributed by atoms with Crippen molar-refractivity contribution in [3.8, 4) is 0 Å². The van der Waals surface area contributed by atoms with Crippen molar-refractivity contribution in [2.24, 2.45) is 0 Å². The maximum absolute atomic E-state index is 5.40. The third-order valence-electron chi connectivity index (χ3n) is 1.60. The minimum Gasteiger partial charge on any atom is -0.440 e. The summed E-state index contributed by atoms with van der Waals surface area (Å²) >= 11 is 4.71. The SMILES string of the molecule is S=CCc1nc2ccccc2o1. The topological polar surface area (TPSA) is 26.0 Å². The summed E-state index contributed by atoms with van der Waals surface area (Å²) in [6.07, 6.45) is 0.615. The van der Waals surface area contributed by atoms with Crippen molar-refractivity contribution in [1.29, 1.82) is 0 Å². The molecule has 0 saturated carbocycles. The summed E-state index contributed by atoms with van der Waals surface area (Å²) in [4.78, 5) is 4.24. The molecular weight excluding hydrogens is 170 g/mol. The van der Waals surface area contributed by atoms with Gasteiger partial charge in [0, 0.05) is 0 Å². The molecule has 2 rings (SSSR count). The van der Waals surface area contributed by atoms with Crippen LogP contribution in [0.25, 0.3) is 11.1 Å². The van der Waals surface area contributed by atoms with Gasteiger partial charge in [-0.05, 0) is 17.5 Å². The monoisotopic (exact) mass is 177 g/mol. The number of rotatable bonds is 2. The predicted molar refractivity (Wildman–Crippen MR) is 51.4 cm³/mol. The largest absolute Gasteiger partial charge is 0.440 e. The van der Waals surface area contributed by atoms with E-state index in [9.17, 15) is 0 Å². The van der Waals surface area contributed by atoms with Crippen LogP contribution in [0, 0.1) is 0 Å². The van der Waals surface area contributed by atoms with Gasteiger partial charge in [-0.15, -0.1) is 0 Å². The maximum atomic E-state index is 5.40. The zero-order chi connectivity index (χ0) is 8.39. The molecule has 0 amide bonds. The highest BCUT2D eigenvalue weighted by Gasteiger charge is 2.01. The standard InChI is InChI=1S/C9H7NOS/c12-6-5-9-10-7-3-1-2-4-8(7)11-9/h1-4,6H,5H2. The summed E-state index contributed by atoms with van der Waals surface area (Å²) in [6, 6.07) is 7.68. The number of para-hydroxylation sites is 2. The average Bonchev–Trinajstić information content (AvgIpc) is 2.47. The van der Waals surface area contributed by atoms with Crippen LogP contribution in [-0.4, -0.2) is 10.4 Å². The fraction of sp³-hybridized carbons (Fsp3) is 0.111. The molecule has 0 spiro atoms. The molecule has 0 aliphatic heterocycles. The first-order valence-corrected chi connectivity index (χ1v) is 4.15. The van der Waals surface area contributed by atoms with Gasteiger partial charge in [0.05, 0.1) is 6.42 Å². The fourth-order valence-corrected chi connectivity index (χ4v) is 1.22. The molecule has 2 aromatic rings. The number of thiocarbonyl (C=S) groups is 1. The Kier molecular flexibility index (Phi) is 1.87. The summed E-state index contributed by atoms with van der Waals surface area (Å²) in [5, 5.41) is 1.62. The molecule has 0 radical (unpaired) electrons. The molecule has 2 nitrogen and oxygen atoms in total. The Morgan fingerprint density at radius 1 is 1.42 bits per heavy atom. The maximum Gasteiger partial charge on any atom is 0.200 e. The number of hydrogen-bond donors (Lipinski definition) is 0. The number of nitrogens with zero attached hydrogens (tertiary/aromatic N) is 1. The van der Waals surface area contributed by atoms with Gasteiger partial charge in [-0.2, -0.15) is 0 Å². The lowest BCUT2D eigenvalue weighted by molar-refractivity contribution is 0.553. The molecule has 0 unspecified atom stereocenters. The number of benzene rings is 1. The van der Waals surface area contributed by atoms with Crippen LogP contribution in [0.5, 0.6) is 0 Å². The van der Waals surface area contributed by atoms with Crippen molar-refractivity contribution in [3.05, 3.63) is 30.2 Å². The van der Waals surface area contributed by atoms with E-state index >= 15 is 0 Å².